The molecular formula is C24H18ClN5O. The third-order valence-corrected chi connectivity index (χ3v) is 5.51. The first-order valence-electron chi connectivity index (χ1n) is 9.75. The van der Waals surface area contributed by atoms with Crippen molar-refractivity contribution in [2.24, 2.45) is 0 Å². The second-order valence-corrected chi connectivity index (χ2v) is 7.60. The number of nitrogen functional groups attached to an aromatic ring is 1. The Labute approximate surface area is 184 Å². The number of hydrogen-bond donors (Lipinski definition) is 3. The van der Waals surface area contributed by atoms with Crippen LogP contribution in [0.5, 0.6) is 0 Å². The van der Waals surface area contributed by atoms with Gasteiger partial charge in [0.25, 0.3) is 5.91 Å². The molecule has 7 heteroatoms. The van der Waals surface area contributed by atoms with Crippen LogP contribution >= 0.6 is 11.6 Å². The van der Waals surface area contributed by atoms with E-state index in [1.54, 1.807) is 6.07 Å². The van der Waals surface area contributed by atoms with Crippen molar-refractivity contribution < 1.29 is 4.79 Å². The molecule has 1 aliphatic rings. The Morgan fingerprint density at radius 2 is 1.48 bits per heavy atom. The Balaban J connectivity index is 1.45. The maximum absolute atomic E-state index is 12.4. The predicted molar refractivity (Wildman–Crippen MR) is 123 cm³/mol. The fraction of sp³-hybridized carbons (Fsp3) is 0.0417. The SMILES string of the molecule is Nc1nc(-c2ccc(C3NC(=O)c4ccccc4N3)cc2)cc(-c2ccccc2Cl)n1. The third kappa shape index (κ3) is 3.69. The van der Waals surface area contributed by atoms with E-state index in [0.717, 1.165) is 22.4 Å². The standard InChI is InChI=1S/C24H18ClN5O/c25-18-7-3-1-5-16(18)21-13-20(28-24(26)29-21)14-9-11-15(12-10-14)22-27-19-8-4-2-6-17(19)23(31)30-22/h1-13,22,27H,(H,30,31)(H2,26,28,29). The van der Waals surface area contributed by atoms with Crippen LogP contribution in [-0.2, 0) is 0 Å². The molecule has 152 valence electrons. The lowest BCUT2D eigenvalue weighted by molar-refractivity contribution is 0.0935. The summed E-state index contributed by atoms with van der Waals surface area (Å²) in [7, 11) is 0. The van der Waals surface area contributed by atoms with Crippen LogP contribution in [0.4, 0.5) is 11.6 Å². The maximum atomic E-state index is 12.4. The van der Waals surface area contributed by atoms with Crippen LogP contribution in [0.1, 0.15) is 22.1 Å². The van der Waals surface area contributed by atoms with Crippen LogP contribution in [-0.4, -0.2) is 15.9 Å². The molecule has 3 aromatic carbocycles. The smallest absolute Gasteiger partial charge is 0.255 e. The van der Waals surface area contributed by atoms with Crippen molar-refractivity contribution in [3.63, 3.8) is 0 Å². The van der Waals surface area contributed by atoms with E-state index < -0.39 is 0 Å². The predicted octanol–water partition coefficient (Wildman–Crippen LogP) is 4.90. The van der Waals surface area contributed by atoms with Crippen molar-refractivity contribution >= 4 is 29.1 Å². The van der Waals surface area contributed by atoms with E-state index >= 15 is 0 Å². The highest BCUT2D eigenvalue weighted by Crippen LogP contribution is 2.31. The molecule has 1 atom stereocenters. The number of rotatable bonds is 3. The second kappa shape index (κ2) is 7.74. The number of carbonyl (C=O) groups is 1. The van der Waals surface area contributed by atoms with Gasteiger partial charge >= 0.3 is 0 Å². The van der Waals surface area contributed by atoms with Gasteiger partial charge in [-0.05, 0) is 29.8 Å². The molecule has 5 rings (SSSR count). The van der Waals surface area contributed by atoms with Gasteiger partial charge in [0.15, 0.2) is 0 Å². The molecule has 1 amide bonds. The summed E-state index contributed by atoms with van der Waals surface area (Å²) in [4.78, 5) is 21.1. The maximum Gasteiger partial charge on any atom is 0.255 e. The number of aromatic nitrogens is 2. The lowest BCUT2D eigenvalue weighted by Gasteiger charge is -2.28. The summed E-state index contributed by atoms with van der Waals surface area (Å²) >= 11 is 6.32. The Kier molecular flexibility index (Phi) is 4.76. The number of para-hydroxylation sites is 1. The zero-order valence-electron chi connectivity index (χ0n) is 16.3. The molecule has 1 aromatic heterocycles. The minimum absolute atomic E-state index is 0.101. The van der Waals surface area contributed by atoms with Gasteiger partial charge in [-0.2, -0.15) is 0 Å². The number of nitrogens with two attached hydrogens (primary N) is 1. The molecule has 2 heterocycles. The van der Waals surface area contributed by atoms with Gasteiger partial charge in [-0.3, -0.25) is 4.79 Å². The molecule has 31 heavy (non-hydrogen) atoms. The molecule has 4 aromatic rings. The van der Waals surface area contributed by atoms with Crippen LogP contribution in [0, 0.1) is 0 Å². The van der Waals surface area contributed by atoms with Gasteiger partial charge < -0.3 is 16.4 Å². The fourth-order valence-corrected chi connectivity index (χ4v) is 3.87. The number of halogens is 1. The number of fused-ring (bicyclic) bond motifs is 1. The first-order valence-corrected chi connectivity index (χ1v) is 10.1. The first-order chi connectivity index (χ1) is 15.1. The molecule has 0 bridgehead atoms. The number of nitrogens with one attached hydrogen (secondary N) is 2. The lowest BCUT2D eigenvalue weighted by Crippen LogP contribution is -2.38. The summed E-state index contributed by atoms with van der Waals surface area (Å²) in [6, 6.07) is 24.6. The average molecular weight is 428 g/mol. The van der Waals surface area contributed by atoms with E-state index in [1.165, 1.54) is 0 Å². The summed E-state index contributed by atoms with van der Waals surface area (Å²) in [6.07, 6.45) is -0.314. The molecule has 1 unspecified atom stereocenters. The van der Waals surface area contributed by atoms with E-state index in [4.69, 9.17) is 17.3 Å². The molecule has 0 aliphatic carbocycles. The quantitative estimate of drug-likeness (QED) is 0.432. The van der Waals surface area contributed by atoms with Crippen molar-refractivity contribution in [3.05, 3.63) is 95.0 Å². The van der Waals surface area contributed by atoms with Crippen LogP contribution in [0.2, 0.25) is 5.02 Å². The topological polar surface area (TPSA) is 92.9 Å². The molecule has 0 spiro atoms. The highest BCUT2D eigenvalue weighted by molar-refractivity contribution is 6.33. The van der Waals surface area contributed by atoms with Gasteiger partial charge in [0.2, 0.25) is 5.95 Å². The van der Waals surface area contributed by atoms with E-state index in [1.807, 2.05) is 72.8 Å². The lowest BCUT2D eigenvalue weighted by atomic mass is 10.0. The Morgan fingerprint density at radius 3 is 2.26 bits per heavy atom. The molecular weight excluding hydrogens is 410 g/mol. The van der Waals surface area contributed by atoms with Crippen LogP contribution in [0.25, 0.3) is 22.5 Å². The fourth-order valence-electron chi connectivity index (χ4n) is 3.64. The van der Waals surface area contributed by atoms with Crippen molar-refractivity contribution in [3.8, 4) is 22.5 Å². The number of benzene rings is 3. The summed E-state index contributed by atoms with van der Waals surface area (Å²) in [5.74, 6) is 0.0747. The van der Waals surface area contributed by atoms with Gasteiger partial charge in [-0.1, -0.05) is 66.2 Å². The van der Waals surface area contributed by atoms with E-state index in [0.29, 0.717) is 22.0 Å². The number of carbonyl (C=O) groups excluding carboxylic acids is 1. The van der Waals surface area contributed by atoms with Gasteiger partial charge in [0.1, 0.15) is 6.17 Å². The van der Waals surface area contributed by atoms with Crippen LogP contribution in [0.15, 0.2) is 78.9 Å². The second-order valence-electron chi connectivity index (χ2n) is 7.19. The molecule has 1 aliphatic heterocycles. The number of anilines is 2. The molecule has 0 saturated carbocycles. The summed E-state index contributed by atoms with van der Waals surface area (Å²) < 4.78 is 0. The summed E-state index contributed by atoms with van der Waals surface area (Å²) in [5.41, 5.74) is 11.4. The monoisotopic (exact) mass is 427 g/mol. The van der Waals surface area contributed by atoms with Gasteiger partial charge in [-0.25, -0.2) is 9.97 Å². The minimum Gasteiger partial charge on any atom is -0.368 e. The van der Waals surface area contributed by atoms with E-state index in [2.05, 4.69) is 20.6 Å². The molecule has 0 saturated heterocycles. The number of nitrogens with zero attached hydrogens (tertiary/aromatic N) is 2. The normalized spacial score (nSPS) is 15.0. The zero-order chi connectivity index (χ0) is 21.4. The molecule has 0 radical (unpaired) electrons. The van der Waals surface area contributed by atoms with E-state index in [-0.39, 0.29) is 18.0 Å². The first kappa shape index (κ1) is 19.1. The van der Waals surface area contributed by atoms with Crippen LogP contribution in [0.3, 0.4) is 0 Å². The van der Waals surface area contributed by atoms with Gasteiger partial charge in [0, 0.05) is 21.8 Å². The van der Waals surface area contributed by atoms with Crippen molar-refractivity contribution in [2.45, 2.75) is 6.17 Å². The van der Waals surface area contributed by atoms with E-state index in [9.17, 15) is 4.79 Å². The zero-order valence-corrected chi connectivity index (χ0v) is 17.1. The summed E-state index contributed by atoms with van der Waals surface area (Å²) in [5, 5.41) is 6.94. The van der Waals surface area contributed by atoms with Crippen molar-refractivity contribution in [1.82, 2.24) is 15.3 Å². The molecule has 6 nitrogen and oxygen atoms in total. The third-order valence-electron chi connectivity index (χ3n) is 5.18. The average Bonchev–Trinajstić information content (AvgIpc) is 2.79. The summed E-state index contributed by atoms with van der Waals surface area (Å²) in [6.45, 7) is 0. The number of hydrogen-bond acceptors (Lipinski definition) is 5. The number of amides is 1. The van der Waals surface area contributed by atoms with Crippen molar-refractivity contribution in [2.75, 3.05) is 11.1 Å². The molecule has 4 N–H and O–H groups in total. The molecule has 0 fully saturated rings. The van der Waals surface area contributed by atoms with Crippen LogP contribution < -0.4 is 16.4 Å². The Morgan fingerprint density at radius 1 is 0.806 bits per heavy atom. The van der Waals surface area contributed by atoms with Gasteiger partial charge in [0.05, 0.1) is 17.0 Å². The highest BCUT2D eigenvalue weighted by atomic mass is 35.5. The Bertz CT molecular complexity index is 1290. The van der Waals surface area contributed by atoms with Crippen molar-refractivity contribution in [1.29, 1.82) is 0 Å². The highest BCUT2D eigenvalue weighted by Gasteiger charge is 2.24. The largest absolute Gasteiger partial charge is 0.368 e. The Hall–Kier alpha value is -3.90. The van der Waals surface area contributed by atoms with Gasteiger partial charge in [-0.15, -0.1) is 0 Å². The minimum atomic E-state index is -0.314.